The topological polar surface area (TPSA) is 30.8 Å². The molecule has 0 N–H and O–H groups in total. The summed E-state index contributed by atoms with van der Waals surface area (Å²) in [4.78, 5) is 5.09. The number of alkyl halides is 3. The van der Waals surface area contributed by atoms with Gasteiger partial charge >= 0.3 is 6.36 Å². The molecule has 0 fully saturated rings. The second-order valence-electron chi connectivity index (χ2n) is 4.72. The van der Waals surface area contributed by atoms with Gasteiger partial charge in [0.05, 0.1) is 0 Å². The second kappa shape index (κ2) is 7.67. The van der Waals surface area contributed by atoms with Crippen LogP contribution < -0.4 is 4.74 Å². The Balaban J connectivity index is 1.85. The van der Waals surface area contributed by atoms with Gasteiger partial charge in [-0.3, -0.25) is 0 Å². The van der Waals surface area contributed by atoms with E-state index in [0.717, 1.165) is 12.0 Å². The van der Waals surface area contributed by atoms with Crippen LogP contribution in [0.15, 0.2) is 53.7 Å². The average molecular weight is 322 g/mol. The van der Waals surface area contributed by atoms with Crippen molar-refractivity contribution in [2.24, 2.45) is 5.16 Å². The quantitative estimate of drug-likeness (QED) is 0.576. The molecule has 2 rings (SSSR count). The van der Waals surface area contributed by atoms with Gasteiger partial charge < -0.3 is 9.57 Å². The van der Waals surface area contributed by atoms with Crippen LogP contribution in [0.4, 0.5) is 13.2 Å². The summed E-state index contributed by atoms with van der Waals surface area (Å²) in [6.07, 6.45) is -1.01. The van der Waals surface area contributed by atoms with Gasteiger partial charge in [-0.1, -0.05) is 42.4 Å². The zero-order valence-electron chi connectivity index (χ0n) is 12.4. The molecule has 0 saturated heterocycles. The predicted molar refractivity (Wildman–Crippen MR) is 80.3 cm³/mol. The van der Waals surface area contributed by atoms with Crippen molar-refractivity contribution in [2.75, 3.05) is 0 Å². The fourth-order valence-electron chi connectivity index (χ4n) is 1.84. The molecule has 2 aromatic carbocycles. The van der Waals surface area contributed by atoms with E-state index in [1.165, 1.54) is 29.8 Å². The summed E-state index contributed by atoms with van der Waals surface area (Å²) < 4.78 is 39.9. The van der Waals surface area contributed by atoms with E-state index < -0.39 is 6.36 Å². The highest BCUT2D eigenvalue weighted by atomic mass is 19.4. The summed E-state index contributed by atoms with van der Waals surface area (Å²) in [6.45, 7) is 2.19. The Morgan fingerprint density at radius 1 is 1.04 bits per heavy atom. The van der Waals surface area contributed by atoms with Crippen LogP contribution in [-0.4, -0.2) is 12.6 Å². The number of hydrogen-bond acceptors (Lipinski definition) is 3. The highest BCUT2D eigenvalue weighted by Crippen LogP contribution is 2.22. The lowest BCUT2D eigenvalue weighted by molar-refractivity contribution is -0.274. The van der Waals surface area contributed by atoms with Crippen molar-refractivity contribution < 1.29 is 22.7 Å². The van der Waals surface area contributed by atoms with E-state index in [9.17, 15) is 13.2 Å². The summed E-state index contributed by atoms with van der Waals surface area (Å²) in [7, 11) is 0. The van der Waals surface area contributed by atoms with Crippen LogP contribution >= 0.6 is 0 Å². The van der Waals surface area contributed by atoms with Crippen molar-refractivity contribution in [3.05, 3.63) is 65.2 Å². The lowest BCUT2D eigenvalue weighted by Gasteiger charge is -2.08. The SMILES string of the molecule is CCc1cccc(/[C]=N\OCc2ccc(OC(F)(F)F)cc2)c1. The van der Waals surface area contributed by atoms with Gasteiger partial charge in [0.1, 0.15) is 18.6 Å². The number of rotatable bonds is 6. The molecule has 23 heavy (non-hydrogen) atoms. The van der Waals surface area contributed by atoms with Crippen LogP contribution in [0, 0.1) is 0 Å². The maximum atomic E-state index is 12.0. The van der Waals surface area contributed by atoms with Crippen molar-refractivity contribution in [2.45, 2.75) is 26.3 Å². The standard InChI is InChI=1S/C17H15F3NO2/c1-2-13-4-3-5-15(10-13)11-21-22-12-14-6-8-16(9-7-14)23-17(18,19)20/h3-10H,2,12H2,1H3. The molecular formula is C17H15F3NO2. The minimum Gasteiger partial charge on any atom is -0.406 e. The Kier molecular flexibility index (Phi) is 5.62. The zero-order valence-corrected chi connectivity index (χ0v) is 12.4. The molecule has 1 radical (unpaired) electrons. The van der Waals surface area contributed by atoms with Gasteiger partial charge in [-0.15, -0.1) is 13.2 Å². The fourth-order valence-corrected chi connectivity index (χ4v) is 1.84. The Morgan fingerprint density at radius 3 is 2.43 bits per heavy atom. The minimum absolute atomic E-state index is 0.132. The third-order valence-corrected chi connectivity index (χ3v) is 2.96. The van der Waals surface area contributed by atoms with E-state index in [0.29, 0.717) is 5.56 Å². The number of hydrogen-bond donors (Lipinski definition) is 0. The van der Waals surface area contributed by atoms with Crippen LogP contribution in [0.2, 0.25) is 0 Å². The molecule has 0 aromatic heterocycles. The van der Waals surface area contributed by atoms with Crippen LogP contribution in [0.5, 0.6) is 5.75 Å². The van der Waals surface area contributed by atoms with Crippen LogP contribution in [0.3, 0.4) is 0 Å². The smallest absolute Gasteiger partial charge is 0.406 e. The van der Waals surface area contributed by atoms with Crippen LogP contribution in [0.25, 0.3) is 0 Å². The Morgan fingerprint density at radius 2 is 1.78 bits per heavy atom. The molecule has 0 amide bonds. The zero-order chi connectivity index (χ0) is 16.7. The first kappa shape index (κ1) is 16.9. The Labute approximate surface area is 132 Å². The molecule has 6 heteroatoms. The Hall–Kier alpha value is -2.50. The normalized spacial score (nSPS) is 11.7. The minimum atomic E-state index is -4.69. The van der Waals surface area contributed by atoms with E-state index >= 15 is 0 Å². The molecule has 0 aliphatic heterocycles. The molecule has 0 atom stereocenters. The summed E-state index contributed by atoms with van der Waals surface area (Å²) >= 11 is 0. The first-order valence-electron chi connectivity index (χ1n) is 6.98. The first-order chi connectivity index (χ1) is 11.0. The van der Waals surface area contributed by atoms with E-state index in [1.54, 1.807) is 0 Å². The van der Waals surface area contributed by atoms with Crippen LogP contribution in [0.1, 0.15) is 23.6 Å². The molecule has 0 heterocycles. The second-order valence-corrected chi connectivity index (χ2v) is 4.72. The molecule has 2 aromatic rings. The highest BCUT2D eigenvalue weighted by Gasteiger charge is 2.30. The van der Waals surface area contributed by atoms with E-state index in [2.05, 4.69) is 23.0 Å². The van der Waals surface area contributed by atoms with Gasteiger partial charge in [-0.05, 0) is 35.7 Å². The van der Waals surface area contributed by atoms with E-state index in [-0.39, 0.29) is 12.4 Å². The molecule has 0 aliphatic rings. The molecule has 0 spiro atoms. The average Bonchev–Trinajstić information content (AvgIpc) is 2.52. The number of aryl methyl sites for hydroxylation is 1. The van der Waals surface area contributed by atoms with E-state index in [4.69, 9.17) is 4.84 Å². The molecule has 0 aliphatic carbocycles. The van der Waals surface area contributed by atoms with Gasteiger partial charge in [-0.25, -0.2) is 0 Å². The molecular weight excluding hydrogens is 307 g/mol. The molecule has 121 valence electrons. The molecule has 0 saturated carbocycles. The van der Waals surface area contributed by atoms with Crippen molar-refractivity contribution in [3.63, 3.8) is 0 Å². The van der Waals surface area contributed by atoms with Crippen molar-refractivity contribution in [3.8, 4) is 5.75 Å². The number of ether oxygens (including phenoxy) is 1. The van der Waals surface area contributed by atoms with Crippen molar-refractivity contribution in [1.82, 2.24) is 0 Å². The lowest BCUT2D eigenvalue weighted by atomic mass is 10.1. The molecule has 0 bridgehead atoms. The molecule has 3 nitrogen and oxygen atoms in total. The maximum Gasteiger partial charge on any atom is 0.573 e. The summed E-state index contributed by atoms with van der Waals surface area (Å²) in [5, 5.41) is 3.73. The summed E-state index contributed by atoms with van der Waals surface area (Å²) in [5.74, 6) is -0.271. The van der Waals surface area contributed by atoms with Gasteiger partial charge in [0.15, 0.2) is 0 Å². The third-order valence-electron chi connectivity index (χ3n) is 2.96. The first-order valence-corrected chi connectivity index (χ1v) is 6.98. The maximum absolute atomic E-state index is 12.0. The Bertz CT molecular complexity index is 652. The number of nitrogens with zero attached hydrogens (tertiary/aromatic N) is 1. The van der Waals surface area contributed by atoms with E-state index in [1.807, 2.05) is 24.3 Å². The number of halogens is 3. The summed E-state index contributed by atoms with van der Waals surface area (Å²) in [5.41, 5.74) is 2.65. The highest BCUT2D eigenvalue weighted by molar-refractivity contribution is 5.79. The van der Waals surface area contributed by atoms with Gasteiger partial charge in [-0.2, -0.15) is 0 Å². The van der Waals surface area contributed by atoms with Crippen LogP contribution in [-0.2, 0) is 17.9 Å². The lowest BCUT2D eigenvalue weighted by Crippen LogP contribution is -2.17. The largest absolute Gasteiger partial charge is 0.573 e. The van der Waals surface area contributed by atoms with Gasteiger partial charge in [0, 0.05) is 5.56 Å². The third kappa shape index (κ3) is 6.02. The van der Waals surface area contributed by atoms with Gasteiger partial charge in [0.2, 0.25) is 0 Å². The molecule has 0 unspecified atom stereocenters. The summed E-state index contributed by atoms with van der Waals surface area (Å²) in [6, 6.07) is 13.1. The van der Waals surface area contributed by atoms with Crippen molar-refractivity contribution in [1.29, 1.82) is 0 Å². The monoisotopic (exact) mass is 322 g/mol. The van der Waals surface area contributed by atoms with Crippen molar-refractivity contribution >= 4 is 6.21 Å². The fraction of sp³-hybridized carbons (Fsp3) is 0.235. The predicted octanol–water partition coefficient (Wildman–Crippen LogP) is 4.58. The number of benzene rings is 2. The van der Waals surface area contributed by atoms with Gasteiger partial charge in [0.25, 0.3) is 0 Å².